The van der Waals surface area contributed by atoms with Crippen molar-refractivity contribution in [3.05, 3.63) is 29.8 Å². The number of hydrogen-bond acceptors (Lipinski definition) is 1. The third-order valence-corrected chi connectivity index (χ3v) is 4.55. The van der Waals surface area contributed by atoms with E-state index in [1.54, 1.807) is 0 Å². The van der Waals surface area contributed by atoms with E-state index in [4.69, 9.17) is 4.74 Å². The fourth-order valence-electron chi connectivity index (χ4n) is 2.69. The highest BCUT2D eigenvalue weighted by Crippen LogP contribution is 2.35. The van der Waals surface area contributed by atoms with Gasteiger partial charge in [0.15, 0.2) is 0 Å². The van der Waals surface area contributed by atoms with Crippen LogP contribution < -0.4 is 4.74 Å². The normalized spacial score (nSPS) is 18.9. The van der Waals surface area contributed by atoms with Crippen LogP contribution in [0.1, 0.15) is 65.4 Å². The molecule has 0 N–H and O–H groups in total. The van der Waals surface area contributed by atoms with Crippen molar-refractivity contribution in [3.63, 3.8) is 0 Å². The van der Waals surface area contributed by atoms with Crippen molar-refractivity contribution in [2.75, 3.05) is 0 Å². The van der Waals surface area contributed by atoms with Crippen molar-refractivity contribution < 1.29 is 4.74 Å². The summed E-state index contributed by atoms with van der Waals surface area (Å²) in [5, 5.41) is 0. The predicted octanol–water partition coefficient (Wildman–Crippen LogP) is 5.09. The van der Waals surface area contributed by atoms with E-state index in [2.05, 4.69) is 52.0 Å². The summed E-state index contributed by atoms with van der Waals surface area (Å²) in [6.07, 6.45) is 6.14. The molecule has 0 atom stereocenters. The molecule has 1 aliphatic rings. The van der Waals surface area contributed by atoms with Gasteiger partial charge in [0.25, 0.3) is 0 Å². The highest BCUT2D eigenvalue weighted by Gasteiger charge is 2.30. The molecule has 1 nitrogen and oxygen atoms in total. The maximum Gasteiger partial charge on any atom is 0.120 e. The lowest BCUT2D eigenvalue weighted by Crippen LogP contribution is -2.28. The third kappa shape index (κ3) is 2.88. The van der Waals surface area contributed by atoms with Crippen LogP contribution in [0.2, 0.25) is 0 Å². The van der Waals surface area contributed by atoms with E-state index in [-0.39, 0.29) is 11.0 Å². The molecule has 0 saturated heterocycles. The zero-order chi connectivity index (χ0) is 13.2. The molecular formula is C17H26O. The molecule has 0 spiro atoms. The van der Waals surface area contributed by atoms with Crippen LogP contribution in [0.15, 0.2) is 24.3 Å². The van der Waals surface area contributed by atoms with Crippen molar-refractivity contribution in [2.45, 2.75) is 70.8 Å². The Labute approximate surface area is 112 Å². The van der Waals surface area contributed by atoms with Crippen LogP contribution in [-0.4, -0.2) is 5.60 Å². The Hall–Kier alpha value is -0.980. The Morgan fingerprint density at radius 2 is 1.67 bits per heavy atom. The van der Waals surface area contributed by atoms with Gasteiger partial charge in [-0.2, -0.15) is 0 Å². The second-order valence-corrected chi connectivity index (χ2v) is 6.52. The van der Waals surface area contributed by atoms with E-state index in [0.717, 1.165) is 12.2 Å². The van der Waals surface area contributed by atoms with Gasteiger partial charge < -0.3 is 4.74 Å². The molecule has 1 aromatic rings. The molecule has 1 fully saturated rings. The Bertz CT molecular complexity index is 383. The molecule has 0 radical (unpaired) electrons. The second kappa shape index (κ2) is 4.95. The van der Waals surface area contributed by atoms with Crippen molar-refractivity contribution in [2.24, 2.45) is 0 Å². The average Bonchev–Trinajstić information content (AvgIpc) is 2.76. The fourth-order valence-corrected chi connectivity index (χ4v) is 2.69. The highest BCUT2D eigenvalue weighted by molar-refractivity contribution is 5.32. The largest absolute Gasteiger partial charge is 0.488 e. The summed E-state index contributed by atoms with van der Waals surface area (Å²) in [6, 6.07) is 8.71. The molecule has 0 aromatic heterocycles. The maximum atomic E-state index is 6.16. The molecule has 1 aromatic carbocycles. The highest BCUT2D eigenvalue weighted by atomic mass is 16.5. The molecule has 0 amide bonds. The van der Waals surface area contributed by atoms with Crippen molar-refractivity contribution in [1.82, 2.24) is 0 Å². The van der Waals surface area contributed by atoms with Gasteiger partial charge in [-0.3, -0.25) is 0 Å². The van der Waals surface area contributed by atoms with Crippen molar-refractivity contribution in [3.8, 4) is 5.75 Å². The Balaban J connectivity index is 2.08. The summed E-state index contributed by atoms with van der Waals surface area (Å²) >= 11 is 0. The minimum Gasteiger partial charge on any atom is -0.488 e. The number of hydrogen-bond donors (Lipinski definition) is 0. The van der Waals surface area contributed by atoms with Gasteiger partial charge in [0.2, 0.25) is 0 Å². The molecule has 2 rings (SSSR count). The van der Waals surface area contributed by atoms with Crippen molar-refractivity contribution in [1.29, 1.82) is 0 Å². The van der Waals surface area contributed by atoms with Crippen LogP contribution in [-0.2, 0) is 5.41 Å². The SMILES string of the molecule is CCC(C)(C)c1ccc(OC2(C)CCCC2)cc1. The molecule has 0 aliphatic heterocycles. The van der Waals surface area contributed by atoms with Crippen LogP contribution in [0.3, 0.4) is 0 Å². The van der Waals surface area contributed by atoms with E-state index >= 15 is 0 Å². The van der Waals surface area contributed by atoms with Gasteiger partial charge >= 0.3 is 0 Å². The smallest absolute Gasteiger partial charge is 0.120 e. The van der Waals surface area contributed by atoms with E-state index in [1.165, 1.54) is 31.2 Å². The topological polar surface area (TPSA) is 9.23 Å². The lowest BCUT2D eigenvalue weighted by atomic mass is 9.82. The average molecular weight is 246 g/mol. The molecule has 18 heavy (non-hydrogen) atoms. The third-order valence-electron chi connectivity index (χ3n) is 4.55. The first-order valence-corrected chi connectivity index (χ1v) is 7.25. The summed E-state index contributed by atoms with van der Waals surface area (Å²) in [6.45, 7) is 9.07. The van der Waals surface area contributed by atoms with Crippen LogP contribution >= 0.6 is 0 Å². The van der Waals surface area contributed by atoms with Gasteiger partial charge in [-0.25, -0.2) is 0 Å². The van der Waals surface area contributed by atoms with Crippen LogP contribution in [0.5, 0.6) is 5.75 Å². The first kappa shape index (κ1) is 13.5. The van der Waals surface area contributed by atoms with E-state index in [9.17, 15) is 0 Å². The van der Waals surface area contributed by atoms with Gasteiger partial charge in [0.05, 0.1) is 0 Å². The predicted molar refractivity (Wildman–Crippen MR) is 77.3 cm³/mol. The Morgan fingerprint density at radius 3 is 2.17 bits per heavy atom. The van der Waals surface area contributed by atoms with E-state index in [1.807, 2.05) is 0 Å². The number of ether oxygens (including phenoxy) is 1. The quantitative estimate of drug-likeness (QED) is 0.719. The van der Waals surface area contributed by atoms with Crippen molar-refractivity contribution >= 4 is 0 Å². The lowest BCUT2D eigenvalue weighted by Gasteiger charge is -2.27. The van der Waals surface area contributed by atoms with Crippen LogP contribution in [0, 0.1) is 0 Å². The molecule has 0 unspecified atom stereocenters. The van der Waals surface area contributed by atoms with Gasteiger partial charge in [-0.05, 0) is 62.1 Å². The molecule has 1 heteroatoms. The lowest BCUT2D eigenvalue weighted by molar-refractivity contribution is 0.0968. The summed E-state index contributed by atoms with van der Waals surface area (Å²) in [5.74, 6) is 1.02. The maximum absolute atomic E-state index is 6.16. The molecule has 0 heterocycles. The standard InChI is InChI=1S/C17H26O/c1-5-16(2,3)14-8-10-15(11-9-14)18-17(4)12-6-7-13-17/h8-11H,5-7,12-13H2,1-4H3. The summed E-state index contributed by atoms with van der Waals surface area (Å²) in [5.41, 5.74) is 1.73. The van der Waals surface area contributed by atoms with Crippen LogP contribution in [0.25, 0.3) is 0 Å². The number of rotatable bonds is 4. The first-order valence-electron chi connectivity index (χ1n) is 7.25. The summed E-state index contributed by atoms with van der Waals surface area (Å²) in [4.78, 5) is 0. The van der Waals surface area contributed by atoms with Gasteiger partial charge in [-0.15, -0.1) is 0 Å². The van der Waals surface area contributed by atoms with Gasteiger partial charge in [0, 0.05) is 0 Å². The molecule has 0 bridgehead atoms. The minimum absolute atomic E-state index is 0.0712. The Morgan fingerprint density at radius 1 is 1.11 bits per heavy atom. The zero-order valence-corrected chi connectivity index (χ0v) is 12.3. The molecular weight excluding hydrogens is 220 g/mol. The Kier molecular flexibility index (Phi) is 3.70. The summed E-state index contributed by atoms with van der Waals surface area (Å²) in [7, 11) is 0. The fraction of sp³-hybridized carbons (Fsp3) is 0.647. The van der Waals surface area contributed by atoms with Gasteiger partial charge in [-0.1, -0.05) is 32.9 Å². The molecule has 1 aliphatic carbocycles. The monoisotopic (exact) mass is 246 g/mol. The zero-order valence-electron chi connectivity index (χ0n) is 12.3. The van der Waals surface area contributed by atoms with E-state index < -0.39 is 0 Å². The molecule has 1 saturated carbocycles. The van der Waals surface area contributed by atoms with Crippen LogP contribution in [0.4, 0.5) is 0 Å². The minimum atomic E-state index is 0.0712. The van der Waals surface area contributed by atoms with E-state index in [0.29, 0.717) is 0 Å². The first-order chi connectivity index (χ1) is 8.45. The van der Waals surface area contributed by atoms with Gasteiger partial charge in [0.1, 0.15) is 11.4 Å². The molecule has 100 valence electrons. The second-order valence-electron chi connectivity index (χ2n) is 6.52. The summed E-state index contributed by atoms with van der Waals surface area (Å²) < 4.78 is 6.16. The number of benzene rings is 1.